The molecule has 1 saturated heterocycles. The fourth-order valence-corrected chi connectivity index (χ4v) is 3.93. The maximum Gasteiger partial charge on any atom is 0.335 e. The number of carboxylic acid groups (broad SMARTS) is 1. The highest BCUT2D eigenvalue weighted by Crippen LogP contribution is 2.39. The number of aliphatic imine (C=N–C) groups is 1. The van der Waals surface area contributed by atoms with Gasteiger partial charge in [0.15, 0.2) is 16.7 Å². The summed E-state index contributed by atoms with van der Waals surface area (Å²) in [6.07, 6.45) is 6.90. The number of amides is 1. The van der Waals surface area contributed by atoms with Crippen molar-refractivity contribution in [2.24, 2.45) is 4.99 Å². The summed E-state index contributed by atoms with van der Waals surface area (Å²) in [5.74, 6) is 1.85. The molecule has 1 aliphatic heterocycles. The van der Waals surface area contributed by atoms with Crippen molar-refractivity contribution in [1.29, 1.82) is 0 Å². The number of hydrogen-bond acceptors (Lipinski definition) is 6. The van der Waals surface area contributed by atoms with Crippen molar-refractivity contribution in [2.45, 2.75) is 0 Å². The Morgan fingerprint density at radius 2 is 2.06 bits per heavy atom. The molecule has 0 aromatic heterocycles. The number of likely N-dealkylation sites (N-methyl/N-ethyl adjacent to an activating group) is 1. The van der Waals surface area contributed by atoms with Gasteiger partial charge in [0.25, 0.3) is 5.91 Å². The Morgan fingerprint density at radius 3 is 2.68 bits per heavy atom. The van der Waals surface area contributed by atoms with E-state index in [1.807, 2.05) is 0 Å². The zero-order valence-electron chi connectivity index (χ0n) is 16.6. The molecule has 31 heavy (non-hydrogen) atoms. The zero-order chi connectivity index (χ0) is 22.5. The summed E-state index contributed by atoms with van der Waals surface area (Å²) in [5, 5.41) is 9.76. The van der Waals surface area contributed by atoms with Gasteiger partial charge in [-0.25, -0.2) is 9.79 Å². The molecular formula is C22H17ClN2O5S. The second kappa shape index (κ2) is 9.60. The van der Waals surface area contributed by atoms with Crippen molar-refractivity contribution < 1.29 is 24.2 Å². The average Bonchev–Trinajstić information content (AvgIpc) is 3.00. The van der Waals surface area contributed by atoms with E-state index < -0.39 is 5.97 Å². The molecule has 7 nitrogen and oxygen atoms in total. The van der Waals surface area contributed by atoms with E-state index in [4.69, 9.17) is 32.6 Å². The second-order valence-corrected chi connectivity index (χ2v) is 7.66. The Morgan fingerprint density at radius 1 is 1.35 bits per heavy atom. The van der Waals surface area contributed by atoms with Crippen LogP contribution in [0, 0.1) is 12.3 Å². The molecule has 1 heterocycles. The lowest BCUT2D eigenvalue weighted by Gasteiger charge is -2.11. The van der Waals surface area contributed by atoms with Crippen molar-refractivity contribution in [3.8, 4) is 23.8 Å². The van der Waals surface area contributed by atoms with Crippen LogP contribution in [0.3, 0.4) is 0 Å². The van der Waals surface area contributed by atoms with Gasteiger partial charge >= 0.3 is 5.97 Å². The van der Waals surface area contributed by atoms with Gasteiger partial charge in [-0.2, -0.15) is 0 Å². The highest BCUT2D eigenvalue weighted by atomic mass is 35.5. The SMILES string of the molecule is C#CCOc1c(Cl)cc(/C=C2\SC(=Nc3ccc(C(=O)O)cc3)N(C)C2=O)cc1OC. The molecule has 0 unspecified atom stereocenters. The molecule has 0 spiro atoms. The first-order chi connectivity index (χ1) is 14.8. The predicted octanol–water partition coefficient (Wildman–Crippen LogP) is 4.29. The number of carbonyl (C=O) groups excluding carboxylic acids is 1. The summed E-state index contributed by atoms with van der Waals surface area (Å²) < 4.78 is 10.8. The van der Waals surface area contributed by atoms with Gasteiger partial charge in [0.05, 0.1) is 28.3 Å². The lowest BCUT2D eigenvalue weighted by Crippen LogP contribution is -2.23. The molecule has 0 atom stereocenters. The van der Waals surface area contributed by atoms with E-state index in [1.54, 1.807) is 37.4 Å². The molecule has 1 aliphatic rings. The van der Waals surface area contributed by atoms with E-state index >= 15 is 0 Å². The van der Waals surface area contributed by atoms with Crippen LogP contribution in [-0.2, 0) is 4.79 Å². The largest absolute Gasteiger partial charge is 0.493 e. The molecule has 0 radical (unpaired) electrons. The number of terminal acetylenes is 1. The van der Waals surface area contributed by atoms with Crippen molar-refractivity contribution in [3.05, 3.63) is 57.5 Å². The van der Waals surface area contributed by atoms with E-state index in [9.17, 15) is 9.59 Å². The number of hydrogen-bond donors (Lipinski definition) is 1. The summed E-state index contributed by atoms with van der Waals surface area (Å²) in [4.78, 5) is 30.0. The third-order valence-corrected chi connectivity index (χ3v) is 5.53. The maximum absolute atomic E-state index is 12.7. The fraction of sp³-hybridized carbons (Fsp3) is 0.136. The summed E-state index contributed by atoms with van der Waals surface area (Å²) in [6, 6.07) is 9.41. The van der Waals surface area contributed by atoms with Crippen molar-refractivity contribution >= 4 is 52.2 Å². The van der Waals surface area contributed by atoms with Crippen LogP contribution in [0.25, 0.3) is 6.08 Å². The number of nitrogens with zero attached hydrogens (tertiary/aromatic N) is 2. The van der Waals surface area contributed by atoms with Gasteiger partial charge in [-0.05, 0) is 59.8 Å². The van der Waals surface area contributed by atoms with Crippen molar-refractivity contribution in [1.82, 2.24) is 4.90 Å². The van der Waals surface area contributed by atoms with Gasteiger partial charge in [0.1, 0.15) is 6.61 Å². The van der Waals surface area contributed by atoms with Crippen LogP contribution in [0.2, 0.25) is 5.02 Å². The maximum atomic E-state index is 12.7. The number of aromatic carboxylic acids is 1. The number of ether oxygens (including phenoxy) is 2. The summed E-state index contributed by atoms with van der Waals surface area (Å²) in [5.41, 5.74) is 1.34. The molecule has 0 bridgehead atoms. The van der Waals surface area contributed by atoms with Crippen molar-refractivity contribution in [2.75, 3.05) is 20.8 Å². The third kappa shape index (κ3) is 5.02. The van der Waals surface area contributed by atoms with Crippen LogP contribution >= 0.6 is 23.4 Å². The molecule has 158 valence electrons. The van der Waals surface area contributed by atoms with Crippen LogP contribution < -0.4 is 9.47 Å². The first-order valence-corrected chi connectivity index (χ1v) is 10.1. The fourth-order valence-electron chi connectivity index (χ4n) is 2.67. The Hall–Kier alpha value is -3.41. The highest BCUT2D eigenvalue weighted by Gasteiger charge is 2.30. The minimum absolute atomic E-state index is 0.0446. The Balaban J connectivity index is 1.88. The Bertz CT molecular complexity index is 1140. The highest BCUT2D eigenvalue weighted by molar-refractivity contribution is 8.18. The molecule has 1 amide bonds. The minimum atomic E-state index is -1.02. The van der Waals surface area contributed by atoms with E-state index in [0.29, 0.717) is 37.8 Å². The number of rotatable bonds is 6. The van der Waals surface area contributed by atoms with Crippen LogP contribution in [0.1, 0.15) is 15.9 Å². The minimum Gasteiger partial charge on any atom is -0.493 e. The van der Waals surface area contributed by atoms with Crippen LogP contribution in [0.5, 0.6) is 11.5 Å². The number of methoxy groups -OCH3 is 1. The molecule has 3 rings (SSSR count). The average molecular weight is 457 g/mol. The van der Waals surface area contributed by atoms with E-state index in [1.165, 1.54) is 35.9 Å². The number of carboxylic acids is 1. The number of benzene rings is 2. The second-order valence-electron chi connectivity index (χ2n) is 6.25. The summed E-state index contributed by atoms with van der Waals surface area (Å²) in [7, 11) is 3.10. The summed E-state index contributed by atoms with van der Waals surface area (Å²) in [6.45, 7) is 0.0446. The van der Waals surface area contributed by atoms with Gasteiger partial charge in [-0.15, -0.1) is 6.42 Å². The summed E-state index contributed by atoms with van der Waals surface area (Å²) >= 11 is 7.49. The Labute approximate surface area is 188 Å². The Kier molecular flexibility index (Phi) is 6.90. The van der Waals surface area contributed by atoms with Gasteiger partial charge in [0, 0.05) is 7.05 Å². The van der Waals surface area contributed by atoms with E-state index in [-0.39, 0.29) is 18.1 Å². The third-order valence-electron chi connectivity index (χ3n) is 4.19. The molecule has 2 aromatic rings. The molecule has 1 N–H and O–H groups in total. The van der Waals surface area contributed by atoms with Crippen LogP contribution in [0.15, 0.2) is 46.3 Å². The molecule has 0 aliphatic carbocycles. The van der Waals surface area contributed by atoms with E-state index in [2.05, 4.69) is 10.9 Å². The smallest absolute Gasteiger partial charge is 0.335 e. The number of halogens is 1. The number of amidine groups is 1. The van der Waals surface area contributed by atoms with Crippen molar-refractivity contribution in [3.63, 3.8) is 0 Å². The first-order valence-electron chi connectivity index (χ1n) is 8.87. The number of carbonyl (C=O) groups is 2. The monoisotopic (exact) mass is 456 g/mol. The normalized spacial score (nSPS) is 15.9. The lowest BCUT2D eigenvalue weighted by molar-refractivity contribution is -0.121. The van der Waals surface area contributed by atoms with Crippen LogP contribution in [-0.4, -0.2) is 47.8 Å². The molecular weight excluding hydrogens is 440 g/mol. The zero-order valence-corrected chi connectivity index (χ0v) is 18.2. The molecule has 1 fully saturated rings. The van der Waals surface area contributed by atoms with Gasteiger partial charge in [0.2, 0.25) is 0 Å². The quantitative estimate of drug-likeness (QED) is 0.515. The molecule has 9 heteroatoms. The van der Waals surface area contributed by atoms with E-state index in [0.717, 1.165) is 0 Å². The standard InChI is InChI=1S/C22H17ClN2O5S/c1-4-9-30-19-16(23)10-13(11-17(19)29-3)12-18-20(26)25(2)22(31-18)24-15-7-5-14(6-8-15)21(27)28/h1,5-8,10-12H,9H2,2-3H3,(H,27,28)/b18-12-,24-22?. The molecule has 0 saturated carbocycles. The molecule has 2 aromatic carbocycles. The van der Waals surface area contributed by atoms with Gasteiger partial charge in [-0.3, -0.25) is 9.69 Å². The van der Waals surface area contributed by atoms with Gasteiger partial charge in [-0.1, -0.05) is 17.5 Å². The van der Waals surface area contributed by atoms with Gasteiger partial charge < -0.3 is 14.6 Å². The topological polar surface area (TPSA) is 88.4 Å². The lowest BCUT2D eigenvalue weighted by atomic mass is 10.2. The number of thioether (sulfide) groups is 1. The predicted molar refractivity (Wildman–Crippen MR) is 121 cm³/mol. The first kappa shape index (κ1) is 22.3. The van der Waals surface area contributed by atoms with Crippen LogP contribution in [0.4, 0.5) is 5.69 Å².